The van der Waals surface area contributed by atoms with E-state index in [1.165, 1.54) is 0 Å². The van der Waals surface area contributed by atoms with E-state index in [2.05, 4.69) is 30.5 Å². The zero-order valence-corrected chi connectivity index (χ0v) is 15.7. The second-order valence-corrected chi connectivity index (χ2v) is 6.82. The van der Waals surface area contributed by atoms with Gasteiger partial charge in [-0.1, -0.05) is 17.2 Å². The van der Waals surface area contributed by atoms with Crippen molar-refractivity contribution in [3.8, 4) is 11.3 Å². The number of rotatable bonds is 6. The quantitative estimate of drug-likeness (QED) is 0.690. The molecule has 28 heavy (non-hydrogen) atoms. The SMILES string of the molecule is CCc1nc(CN2CCCC(NC(=O)c3cc(-c4cccnc4)on3)C2)no1. The predicted molar refractivity (Wildman–Crippen MR) is 99.2 cm³/mol. The number of likely N-dealkylation sites (tertiary alicyclic amines) is 1. The van der Waals surface area contributed by atoms with Gasteiger partial charge in [0, 0.05) is 43.0 Å². The van der Waals surface area contributed by atoms with Crippen molar-refractivity contribution in [2.75, 3.05) is 13.1 Å². The van der Waals surface area contributed by atoms with E-state index in [4.69, 9.17) is 9.05 Å². The summed E-state index contributed by atoms with van der Waals surface area (Å²) in [7, 11) is 0. The molecule has 3 aromatic rings. The van der Waals surface area contributed by atoms with E-state index >= 15 is 0 Å². The molecule has 4 heterocycles. The van der Waals surface area contributed by atoms with Gasteiger partial charge in [-0.15, -0.1) is 0 Å². The van der Waals surface area contributed by atoms with E-state index in [1.54, 1.807) is 24.5 Å². The van der Waals surface area contributed by atoms with Gasteiger partial charge in [0.25, 0.3) is 5.91 Å². The van der Waals surface area contributed by atoms with Crippen LogP contribution in [-0.4, -0.2) is 50.2 Å². The minimum atomic E-state index is -0.237. The van der Waals surface area contributed by atoms with Gasteiger partial charge in [-0.25, -0.2) is 0 Å². The van der Waals surface area contributed by atoms with Crippen LogP contribution in [0.2, 0.25) is 0 Å². The Labute approximate surface area is 162 Å². The van der Waals surface area contributed by atoms with Crippen LogP contribution in [0.15, 0.2) is 39.6 Å². The molecule has 0 radical (unpaired) electrons. The lowest BCUT2D eigenvalue weighted by Crippen LogP contribution is -2.47. The molecule has 0 saturated carbocycles. The molecule has 1 saturated heterocycles. The van der Waals surface area contributed by atoms with Crippen molar-refractivity contribution in [2.45, 2.75) is 38.8 Å². The minimum absolute atomic E-state index is 0.0392. The lowest BCUT2D eigenvalue weighted by Gasteiger charge is -2.32. The number of aromatic nitrogens is 4. The van der Waals surface area contributed by atoms with Gasteiger partial charge in [0.05, 0.1) is 6.54 Å². The van der Waals surface area contributed by atoms with E-state index in [-0.39, 0.29) is 17.6 Å². The van der Waals surface area contributed by atoms with Gasteiger partial charge in [0.1, 0.15) is 0 Å². The minimum Gasteiger partial charge on any atom is -0.355 e. The Morgan fingerprint density at radius 2 is 2.29 bits per heavy atom. The molecule has 0 bridgehead atoms. The second kappa shape index (κ2) is 8.30. The molecule has 1 fully saturated rings. The Kier molecular flexibility index (Phi) is 5.43. The number of carbonyl (C=O) groups is 1. The standard InChI is InChI=1S/C19H22N6O3/c1-2-18-22-17(24-28-18)12-25-8-4-6-14(11-25)21-19(26)15-9-16(27-23-15)13-5-3-7-20-10-13/h3,5,7,9-10,14H,2,4,6,8,11-12H2,1H3,(H,21,26). The highest BCUT2D eigenvalue weighted by Crippen LogP contribution is 2.19. The number of nitrogens with one attached hydrogen (secondary N) is 1. The largest absolute Gasteiger partial charge is 0.355 e. The summed E-state index contributed by atoms with van der Waals surface area (Å²) >= 11 is 0. The fourth-order valence-corrected chi connectivity index (χ4v) is 3.30. The van der Waals surface area contributed by atoms with E-state index in [0.29, 0.717) is 24.0 Å². The zero-order valence-electron chi connectivity index (χ0n) is 15.7. The van der Waals surface area contributed by atoms with Crippen LogP contribution < -0.4 is 5.32 Å². The van der Waals surface area contributed by atoms with Crippen LogP contribution in [0.3, 0.4) is 0 Å². The maximum Gasteiger partial charge on any atom is 0.273 e. The molecule has 9 nitrogen and oxygen atoms in total. The highest BCUT2D eigenvalue weighted by Gasteiger charge is 2.24. The number of amides is 1. The maximum absolute atomic E-state index is 12.6. The number of aryl methyl sites for hydroxylation is 1. The predicted octanol–water partition coefficient (Wildman–Crippen LogP) is 2.08. The molecular weight excluding hydrogens is 360 g/mol. The molecule has 1 amide bonds. The Bertz CT molecular complexity index is 923. The molecule has 9 heteroatoms. The molecule has 0 aromatic carbocycles. The topological polar surface area (TPSA) is 110 Å². The first kappa shape index (κ1) is 18.3. The molecule has 1 aliphatic heterocycles. The highest BCUT2D eigenvalue weighted by molar-refractivity contribution is 5.93. The zero-order chi connectivity index (χ0) is 19.3. The van der Waals surface area contributed by atoms with Crippen molar-refractivity contribution in [2.24, 2.45) is 0 Å². The van der Waals surface area contributed by atoms with Gasteiger partial charge in [0.15, 0.2) is 17.3 Å². The van der Waals surface area contributed by atoms with Crippen molar-refractivity contribution in [3.63, 3.8) is 0 Å². The Hall–Kier alpha value is -3.07. The third-order valence-electron chi connectivity index (χ3n) is 4.71. The third-order valence-corrected chi connectivity index (χ3v) is 4.71. The average molecular weight is 382 g/mol. The molecule has 1 N–H and O–H groups in total. The fourth-order valence-electron chi connectivity index (χ4n) is 3.30. The van der Waals surface area contributed by atoms with Crippen LogP contribution in [0.5, 0.6) is 0 Å². The van der Waals surface area contributed by atoms with Crippen LogP contribution in [0.4, 0.5) is 0 Å². The van der Waals surface area contributed by atoms with Crippen molar-refractivity contribution in [1.82, 2.24) is 30.5 Å². The summed E-state index contributed by atoms with van der Waals surface area (Å²) in [5.74, 6) is 1.61. The number of pyridine rings is 1. The van der Waals surface area contributed by atoms with Crippen molar-refractivity contribution < 1.29 is 13.8 Å². The van der Waals surface area contributed by atoms with E-state index in [9.17, 15) is 4.79 Å². The summed E-state index contributed by atoms with van der Waals surface area (Å²) in [6.07, 6.45) is 5.98. The highest BCUT2D eigenvalue weighted by atomic mass is 16.5. The molecular formula is C19H22N6O3. The van der Waals surface area contributed by atoms with Crippen molar-refractivity contribution in [3.05, 3.63) is 48.0 Å². The lowest BCUT2D eigenvalue weighted by atomic mass is 10.1. The number of carbonyl (C=O) groups excluding carboxylic acids is 1. The average Bonchev–Trinajstić information content (AvgIpc) is 3.39. The normalized spacial score (nSPS) is 17.5. The molecule has 4 rings (SSSR count). The first-order valence-corrected chi connectivity index (χ1v) is 9.43. The number of hydrogen-bond donors (Lipinski definition) is 1. The smallest absolute Gasteiger partial charge is 0.273 e. The van der Waals surface area contributed by atoms with Crippen molar-refractivity contribution in [1.29, 1.82) is 0 Å². The van der Waals surface area contributed by atoms with E-state index in [0.717, 1.165) is 37.9 Å². The van der Waals surface area contributed by atoms with E-state index < -0.39 is 0 Å². The molecule has 146 valence electrons. The Morgan fingerprint density at radius 3 is 3.07 bits per heavy atom. The van der Waals surface area contributed by atoms with Crippen LogP contribution in [0.25, 0.3) is 11.3 Å². The summed E-state index contributed by atoms with van der Waals surface area (Å²) in [6, 6.07) is 5.34. The van der Waals surface area contributed by atoms with Crippen LogP contribution in [0, 0.1) is 0 Å². The van der Waals surface area contributed by atoms with Crippen LogP contribution in [0.1, 0.15) is 42.0 Å². The summed E-state index contributed by atoms with van der Waals surface area (Å²) in [5.41, 5.74) is 1.05. The maximum atomic E-state index is 12.6. The third kappa shape index (κ3) is 4.25. The van der Waals surface area contributed by atoms with Gasteiger partial charge in [-0.3, -0.25) is 14.7 Å². The first-order chi connectivity index (χ1) is 13.7. The molecule has 3 aromatic heterocycles. The summed E-state index contributed by atoms with van der Waals surface area (Å²) in [6.45, 7) is 4.27. The summed E-state index contributed by atoms with van der Waals surface area (Å²) < 4.78 is 10.4. The lowest BCUT2D eigenvalue weighted by molar-refractivity contribution is 0.0890. The van der Waals surface area contributed by atoms with Gasteiger partial charge in [-0.2, -0.15) is 4.98 Å². The molecule has 0 spiro atoms. The Balaban J connectivity index is 1.34. The molecule has 1 atom stereocenters. The summed E-state index contributed by atoms with van der Waals surface area (Å²) in [4.78, 5) is 23.2. The number of hydrogen-bond acceptors (Lipinski definition) is 8. The van der Waals surface area contributed by atoms with Gasteiger partial charge in [0.2, 0.25) is 5.89 Å². The summed E-state index contributed by atoms with van der Waals surface area (Å²) in [5, 5.41) is 10.9. The Morgan fingerprint density at radius 1 is 1.36 bits per heavy atom. The van der Waals surface area contributed by atoms with Crippen LogP contribution >= 0.6 is 0 Å². The molecule has 1 aliphatic rings. The fraction of sp³-hybridized carbons (Fsp3) is 0.421. The van der Waals surface area contributed by atoms with Gasteiger partial charge in [-0.05, 0) is 31.5 Å². The number of nitrogens with zero attached hydrogens (tertiary/aromatic N) is 5. The van der Waals surface area contributed by atoms with Crippen molar-refractivity contribution >= 4 is 5.91 Å². The van der Waals surface area contributed by atoms with Crippen LogP contribution in [-0.2, 0) is 13.0 Å². The second-order valence-electron chi connectivity index (χ2n) is 6.82. The molecule has 1 unspecified atom stereocenters. The van der Waals surface area contributed by atoms with E-state index in [1.807, 2.05) is 13.0 Å². The first-order valence-electron chi connectivity index (χ1n) is 9.43. The van der Waals surface area contributed by atoms with Gasteiger partial charge >= 0.3 is 0 Å². The van der Waals surface area contributed by atoms with Gasteiger partial charge < -0.3 is 14.4 Å². The molecule has 0 aliphatic carbocycles. The number of piperidine rings is 1. The monoisotopic (exact) mass is 382 g/mol.